The maximum absolute atomic E-state index is 14.3. The van der Waals surface area contributed by atoms with Crippen LogP contribution in [-0.4, -0.2) is 50.4 Å². The first-order chi connectivity index (χ1) is 23.0. The minimum Gasteiger partial charge on any atom is -0.479 e. The van der Waals surface area contributed by atoms with Crippen LogP contribution in [0.2, 0.25) is 10.0 Å². The van der Waals surface area contributed by atoms with Gasteiger partial charge in [-0.15, -0.1) is 11.8 Å². The molecule has 3 heterocycles. The SMILES string of the molecule is CC(Oc1ccc(Oc2nc3ccc(Cl)cc3o2)cc1)C(=O)O.COC(=O)CSc1cc(/N=c2\sc(=O)n3n2CCCC3)c(F)cc1Cl. The third kappa shape index (κ3) is 8.78. The Morgan fingerprint density at radius 1 is 1.10 bits per heavy atom. The lowest BCUT2D eigenvalue weighted by atomic mass is 10.3. The van der Waals surface area contributed by atoms with Crippen LogP contribution in [0.15, 0.2) is 73.7 Å². The molecule has 1 unspecified atom stereocenters. The van der Waals surface area contributed by atoms with Crippen LogP contribution in [0, 0.1) is 5.82 Å². The monoisotopic (exact) mass is 736 g/mol. The Morgan fingerprint density at radius 3 is 2.52 bits per heavy atom. The lowest BCUT2D eigenvalue weighted by molar-refractivity contribution is -0.144. The van der Waals surface area contributed by atoms with Crippen molar-refractivity contribution in [1.29, 1.82) is 0 Å². The first-order valence-corrected chi connectivity index (χ1v) is 16.8. The van der Waals surface area contributed by atoms with Crippen molar-refractivity contribution in [3.05, 3.63) is 84.9 Å². The quantitative estimate of drug-likeness (QED) is 0.125. The Labute approximate surface area is 290 Å². The molecule has 1 N–H and O–H groups in total. The van der Waals surface area contributed by atoms with E-state index in [1.165, 1.54) is 20.1 Å². The number of nitrogens with zero attached hydrogens (tertiary/aromatic N) is 4. The van der Waals surface area contributed by atoms with E-state index in [0.29, 0.717) is 50.4 Å². The van der Waals surface area contributed by atoms with Crippen LogP contribution in [0.4, 0.5) is 10.1 Å². The Kier molecular flexibility index (Phi) is 11.5. The number of aromatic nitrogens is 3. The van der Waals surface area contributed by atoms with Gasteiger partial charge in [0.1, 0.15) is 28.5 Å². The predicted molar refractivity (Wildman–Crippen MR) is 178 cm³/mol. The summed E-state index contributed by atoms with van der Waals surface area (Å²) < 4.78 is 38.5. The van der Waals surface area contributed by atoms with E-state index in [2.05, 4.69) is 14.7 Å². The van der Waals surface area contributed by atoms with Crippen molar-refractivity contribution in [2.45, 2.75) is 43.9 Å². The highest BCUT2D eigenvalue weighted by molar-refractivity contribution is 8.00. The van der Waals surface area contributed by atoms with Gasteiger partial charge in [0.25, 0.3) is 0 Å². The van der Waals surface area contributed by atoms with Crippen molar-refractivity contribution >= 4 is 75.0 Å². The van der Waals surface area contributed by atoms with E-state index < -0.39 is 23.9 Å². The number of hydrogen-bond acceptors (Lipinski definition) is 11. The van der Waals surface area contributed by atoms with E-state index in [1.807, 2.05) is 0 Å². The molecule has 12 nitrogen and oxygen atoms in total. The lowest BCUT2D eigenvalue weighted by Gasteiger charge is -2.15. The third-order valence-corrected chi connectivity index (χ3v) is 9.26. The molecule has 3 aromatic carbocycles. The fraction of sp³-hybridized carbons (Fsp3) is 0.258. The third-order valence-electron chi connectivity index (χ3n) is 6.70. The van der Waals surface area contributed by atoms with E-state index in [4.69, 9.17) is 42.2 Å². The second kappa shape index (κ2) is 15.7. The normalized spacial score (nSPS) is 13.3. The largest absolute Gasteiger partial charge is 0.479 e. The fourth-order valence-corrected chi connectivity index (χ4v) is 6.44. The Hall–Kier alpha value is -4.31. The molecule has 0 spiro atoms. The number of carbonyl (C=O) groups excluding carboxylic acids is 1. The number of rotatable bonds is 9. The van der Waals surface area contributed by atoms with Crippen LogP contribution in [-0.2, 0) is 27.4 Å². The van der Waals surface area contributed by atoms with Gasteiger partial charge in [-0.1, -0.05) is 23.2 Å². The van der Waals surface area contributed by atoms with Gasteiger partial charge in [-0.2, -0.15) is 4.98 Å². The summed E-state index contributed by atoms with van der Waals surface area (Å²) in [5, 5.41) is 9.55. The van der Waals surface area contributed by atoms with Crippen LogP contribution in [0.1, 0.15) is 19.8 Å². The zero-order valence-electron chi connectivity index (χ0n) is 25.4. The molecule has 1 aliphatic rings. The van der Waals surface area contributed by atoms with Gasteiger partial charge in [0.2, 0.25) is 4.80 Å². The van der Waals surface area contributed by atoms with Gasteiger partial charge in [0.15, 0.2) is 11.7 Å². The zero-order valence-corrected chi connectivity index (χ0v) is 28.5. The standard InChI is InChI=1S/C16H12ClNO5.C15H15ClFN3O3S2/c1-9(15(19)20)21-11-3-5-12(6-4-11)22-16-18-13-7-2-10(17)8-14(13)23-16;1-23-13(21)8-24-12-7-11(10(17)6-9(12)16)18-14-19-4-2-3-5-20(19)15(22)25-14/h2-9H,1H3,(H,19,20);6-7H,2-5,8H2,1H3/b;18-14-. The summed E-state index contributed by atoms with van der Waals surface area (Å²) in [6.07, 6.45) is 1.06. The number of hydrogen-bond donors (Lipinski definition) is 1. The molecule has 0 bridgehead atoms. The average Bonchev–Trinajstić information content (AvgIpc) is 3.61. The zero-order chi connectivity index (χ0) is 34.4. The molecule has 0 fully saturated rings. The van der Waals surface area contributed by atoms with Gasteiger partial charge in [-0.25, -0.2) is 18.9 Å². The molecule has 6 rings (SSSR count). The molecule has 0 radical (unpaired) electrons. The van der Waals surface area contributed by atoms with Crippen molar-refractivity contribution in [3.8, 4) is 17.6 Å². The molecule has 17 heteroatoms. The van der Waals surface area contributed by atoms with Crippen LogP contribution in [0.5, 0.6) is 17.6 Å². The topological polar surface area (TPSA) is 147 Å². The van der Waals surface area contributed by atoms with E-state index in [1.54, 1.807) is 51.8 Å². The minimum atomic E-state index is -1.03. The summed E-state index contributed by atoms with van der Waals surface area (Å²) in [4.78, 5) is 43.4. The number of fused-ring (bicyclic) bond motifs is 2. The molecule has 5 aromatic rings. The summed E-state index contributed by atoms with van der Waals surface area (Å²) in [7, 11) is 1.30. The number of carbonyl (C=O) groups is 2. The molecule has 0 saturated carbocycles. The smallest absolute Gasteiger partial charge is 0.400 e. The van der Waals surface area contributed by atoms with Crippen LogP contribution in [0.3, 0.4) is 0 Å². The highest BCUT2D eigenvalue weighted by atomic mass is 35.5. The number of aliphatic carboxylic acids is 1. The summed E-state index contributed by atoms with van der Waals surface area (Å²) in [6.45, 7) is 2.78. The number of benzene rings is 3. The molecule has 2 aromatic heterocycles. The summed E-state index contributed by atoms with van der Waals surface area (Å²) in [6, 6.07) is 14.2. The summed E-state index contributed by atoms with van der Waals surface area (Å²) in [5.41, 5.74) is 1.25. The van der Waals surface area contributed by atoms with Crippen molar-refractivity contribution in [3.63, 3.8) is 0 Å². The first kappa shape index (κ1) is 35.0. The molecule has 0 aliphatic carbocycles. The number of thioether (sulfide) groups is 1. The highest BCUT2D eigenvalue weighted by Gasteiger charge is 2.16. The van der Waals surface area contributed by atoms with Crippen molar-refractivity contribution in [2.75, 3.05) is 12.9 Å². The Balaban J connectivity index is 0.000000188. The predicted octanol–water partition coefficient (Wildman–Crippen LogP) is 6.92. The van der Waals surface area contributed by atoms with Gasteiger partial charge in [-0.3, -0.25) is 14.3 Å². The molecule has 1 atom stereocenters. The maximum Gasteiger partial charge on any atom is 0.400 e. The number of halogens is 3. The summed E-state index contributed by atoms with van der Waals surface area (Å²) in [5.74, 6) is -1.04. The van der Waals surface area contributed by atoms with E-state index in [9.17, 15) is 18.8 Å². The first-order valence-electron chi connectivity index (χ1n) is 14.3. The van der Waals surface area contributed by atoms with Crippen molar-refractivity contribution in [1.82, 2.24) is 14.3 Å². The van der Waals surface area contributed by atoms with Gasteiger partial charge >= 0.3 is 22.9 Å². The number of ether oxygens (including phenoxy) is 3. The molecule has 0 saturated heterocycles. The summed E-state index contributed by atoms with van der Waals surface area (Å²) >= 11 is 14.1. The number of oxazole rings is 1. The molecule has 252 valence electrons. The van der Waals surface area contributed by atoms with Crippen LogP contribution < -0.4 is 19.1 Å². The van der Waals surface area contributed by atoms with Gasteiger partial charge in [0, 0.05) is 29.1 Å². The number of carboxylic acids is 1. The minimum absolute atomic E-state index is 0.0605. The fourth-order valence-electron chi connectivity index (χ4n) is 4.29. The van der Waals surface area contributed by atoms with Crippen LogP contribution in [0.25, 0.3) is 11.1 Å². The molecular formula is C31H27Cl2FN4O8S2. The molecule has 1 aliphatic heterocycles. The Bertz CT molecular complexity index is 2080. The van der Waals surface area contributed by atoms with Gasteiger partial charge in [-0.05, 0) is 79.6 Å². The van der Waals surface area contributed by atoms with E-state index in [-0.39, 0.29) is 27.4 Å². The van der Waals surface area contributed by atoms with Gasteiger partial charge in [0.05, 0.1) is 17.9 Å². The molecular weight excluding hydrogens is 710 g/mol. The average molecular weight is 738 g/mol. The molecule has 48 heavy (non-hydrogen) atoms. The maximum atomic E-state index is 14.3. The van der Waals surface area contributed by atoms with E-state index in [0.717, 1.165) is 42.0 Å². The lowest BCUT2D eigenvalue weighted by Crippen LogP contribution is -2.31. The number of methoxy groups -OCH3 is 1. The second-order valence-electron chi connectivity index (χ2n) is 10.1. The van der Waals surface area contributed by atoms with Crippen molar-refractivity contribution < 1.29 is 37.7 Å². The van der Waals surface area contributed by atoms with Crippen molar-refractivity contribution in [2.24, 2.45) is 4.99 Å². The van der Waals surface area contributed by atoms with Gasteiger partial charge < -0.3 is 23.7 Å². The second-order valence-corrected chi connectivity index (χ2v) is 12.9. The van der Waals surface area contributed by atoms with E-state index >= 15 is 0 Å². The van der Waals surface area contributed by atoms with Crippen LogP contribution >= 0.6 is 46.3 Å². The number of esters is 1. The molecule has 0 amide bonds. The highest BCUT2D eigenvalue weighted by Crippen LogP contribution is 2.33. The Morgan fingerprint density at radius 2 is 1.81 bits per heavy atom. The number of carboxylic acid groups (broad SMARTS) is 1.